The second-order valence-electron chi connectivity index (χ2n) is 2.37. The van der Waals surface area contributed by atoms with Gasteiger partial charge in [-0.05, 0) is 6.92 Å². The molecule has 11 heavy (non-hydrogen) atoms. The molecule has 0 aromatic rings. The number of ether oxygens (including phenoxy) is 1. The molecule has 0 bridgehead atoms. The molecule has 1 heterocycles. The van der Waals surface area contributed by atoms with Gasteiger partial charge in [-0.2, -0.15) is 0 Å². The highest BCUT2D eigenvalue weighted by molar-refractivity contribution is 5.69. The fraction of sp³-hybridized carbons (Fsp3) is 0.571. The van der Waals surface area contributed by atoms with E-state index in [0.29, 0.717) is 0 Å². The molecule has 1 amide bonds. The van der Waals surface area contributed by atoms with Gasteiger partial charge < -0.3 is 15.2 Å². The van der Waals surface area contributed by atoms with Crippen LogP contribution in [0.15, 0.2) is 12.2 Å². The Bertz CT molecular complexity index is 179. The van der Waals surface area contributed by atoms with Gasteiger partial charge in [0.05, 0.1) is 12.1 Å². The van der Waals surface area contributed by atoms with Gasteiger partial charge >= 0.3 is 6.09 Å². The predicted molar refractivity (Wildman–Crippen MR) is 39.1 cm³/mol. The molecule has 0 radical (unpaired) electrons. The number of amides is 1. The first-order valence-corrected chi connectivity index (χ1v) is 3.48. The van der Waals surface area contributed by atoms with Crippen molar-refractivity contribution in [3.63, 3.8) is 0 Å². The van der Waals surface area contributed by atoms with Crippen molar-refractivity contribution in [1.82, 2.24) is 5.32 Å². The van der Waals surface area contributed by atoms with Crippen molar-refractivity contribution < 1.29 is 14.6 Å². The predicted octanol–water partition coefficient (Wildman–Crippen LogP) is 0.0318. The first-order valence-electron chi connectivity index (χ1n) is 3.48. The fourth-order valence-electron chi connectivity index (χ4n) is 0.915. The fourth-order valence-corrected chi connectivity index (χ4v) is 0.915. The van der Waals surface area contributed by atoms with Crippen LogP contribution in [0.2, 0.25) is 0 Å². The molecule has 1 rings (SSSR count). The maximum absolute atomic E-state index is 10.5. The van der Waals surface area contributed by atoms with E-state index in [1.165, 1.54) is 0 Å². The number of aliphatic hydroxyl groups is 1. The second kappa shape index (κ2) is 3.39. The number of allylic oxidation sites excluding steroid dienone is 1. The summed E-state index contributed by atoms with van der Waals surface area (Å²) in [6.07, 6.45) is 2.24. The number of nitrogens with one attached hydrogen (secondary N) is 1. The van der Waals surface area contributed by atoms with E-state index >= 15 is 0 Å². The van der Waals surface area contributed by atoms with E-state index in [1.807, 2.05) is 0 Å². The first-order chi connectivity index (χ1) is 5.24. The van der Waals surface area contributed by atoms with Gasteiger partial charge in [0.15, 0.2) is 0 Å². The molecule has 1 fully saturated rings. The van der Waals surface area contributed by atoms with Crippen LogP contribution in [0.1, 0.15) is 6.92 Å². The summed E-state index contributed by atoms with van der Waals surface area (Å²) in [6.45, 7) is 2.05. The summed E-state index contributed by atoms with van der Waals surface area (Å²) in [5.41, 5.74) is 0. The first kappa shape index (κ1) is 8.07. The third-order valence-corrected chi connectivity index (χ3v) is 1.50. The zero-order valence-electron chi connectivity index (χ0n) is 6.28. The number of alkyl carbamates (subject to hydrolysis) is 1. The molecule has 2 atom stereocenters. The van der Waals surface area contributed by atoms with Crippen LogP contribution in [-0.4, -0.2) is 30.0 Å². The second-order valence-corrected chi connectivity index (χ2v) is 2.37. The van der Waals surface area contributed by atoms with Crippen molar-refractivity contribution in [2.24, 2.45) is 0 Å². The summed E-state index contributed by atoms with van der Waals surface area (Å²) < 4.78 is 4.59. The van der Waals surface area contributed by atoms with Crippen molar-refractivity contribution in [3.8, 4) is 0 Å². The molecule has 2 N–H and O–H groups in total. The van der Waals surface area contributed by atoms with E-state index in [4.69, 9.17) is 0 Å². The number of cyclic esters (lactones) is 1. The lowest BCUT2D eigenvalue weighted by Gasteiger charge is -2.10. The number of carbonyl (C=O) groups is 1. The van der Waals surface area contributed by atoms with Gasteiger partial charge in [0.1, 0.15) is 6.61 Å². The molecule has 1 saturated heterocycles. The lowest BCUT2D eigenvalue weighted by molar-refractivity contribution is 0.157. The molecule has 0 aromatic heterocycles. The van der Waals surface area contributed by atoms with Crippen molar-refractivity contribution in [1.29, 1.82) is 0 Å². The third-order valence-electron chi connectivity index (χ3n) is 1.50. The average molecular weight is 157 g/mol. The zero-order chi connectivity index (χ0) is 8.27. The van der Waals surface area contributed by atoms with Gasteiger partial charge in [0.25, 0.3) is 0 Å². The van der Waals surface area contributed by atoms with Crippen LogP contribution in [0.3, 0.4) is 0 Å². The highest BCUT2D eigenvalue weighted by Gasteiger charge is 2.26. The van der Waals surface area contributed by atoms with E-state index < -0.39 is 12.2 Å². The Morgan fingerprint density at radius 3 is 3.09 bits per heavy atom. The number of hydrogen-bond donors (Lipinski definition) is 2. The molecule has 1 aliphatic rings. The van der Waals surface area contributed by atoms with Gasteiger partial charge in [-0.15, -0.1) is 0 Å². The van der Waals surface area contributed by atoms with Gasteiger partial charge in [0, 0.05) is 0 Å². The summed E-state index contributed by atoms with van der Waals surface area (Å²) >= 11 is 0. The number of rotatable bonds is 2. The quantitative estimate of drug-likeness (QED) is 0.556. The van der Waals surface area contributed by atoms with Crippen LogP contribution in [0.25, 0.3) is 0 Å². The molecule has 62 valence electrons. The van der Waals surface area contributed by atoms with E-state index in [2.05, 4.69) is 10.1 Å². The van der Waals surface area contributed by atoms with E-state index in [-0.39, 0.29) is 12.6 Å². The maximum atomic E-state index is 10.5. The standard InChI is InChI=1S/C7H11NO3/c1-2-3-6(9)5-4-11-7(10)8-5/h2-3,5-6,9H,4H2,1H3,(H,8,10)/b3-2+/t5-,6+/m1/s1. The summed E-state index contributed by atoms with van der Waals surface area (Å²) in [6, 6.07) is -0.293. The minimum absolute atomic E-state index is 0.240. The van der Waals surface area contributed by atoms with Crippen molar-refractivity contribution >= 4 is 6.09 Å². The summed E-state index contributed by atoms with van der Waals surface area (Å²) in [4.78, 5) is 10.5. The molecular formula is C7H11NO3. The van der Waals surface area contributed by atoms with Crippen LogP contribution < -0.4 is 5.32 Å². The largest absolute Gasteiger partial charge is 0.447 e. The van der Waals surface area contributed by atoms with Crippen molar-refractivity contribution in [3.05, 3.63) is 12.2 Å². The number of hydrogen-bond acceptors (Lipinski definition) is 3. The monoisotopic (exact) mass is 157 g/mol. The summed E-state index contributed by atoms with van der Waals surface area (Å²) in [5, 5.41) is 11.8. The molecule has 0 saturated carbocycles. The topological polar surface area (TPSA) is 58.6 Å². The Labute approximate surface area is 64.9 Å². The molecular weight excluding hydrogens is 146 g/mol. The van der Waals surface area contributed by atoms with Gasteiger partial charge in [-0.1, -0.05) is 12.2 Å². The van der Waals surface area contributed by atoms with E-state index in [1.54, 1.807) is 19.1 Å². The SMILES string of the molecule is C/C=C/[C@H](O)[C@H]1COC(=O)N1. The van der Waals surface area contributed by atoms with Gasteiger partial charge in [0.2, 0.25) is 0 Å². The van der Waals surface area contributed by atoms with Crippen LogP contribution in [0.4, 0.5) is 4.79 Å². The number of carbonyl (C=O) groups excluding carboxylic acids is 1. The Hall–Kier alpha value is -1.03. The Morgan fingerprint density at radius 1 is 1.91 bits per heavy atom. The maximum Gasteiger partial charge on any atom is 0.407 e. The Kier molecular flexibility index (Phi) is 2.48. The average Bonchev–Trinajstić information content (AvgIpc) is 2.36. The lowest BCUT2D eigenvalue weighted by Crippen LogP contribution is -2.36. The number of aliphatic hydroxyl groups excluding tert-OH is 1. The normalized spacial score (nSPS) is 26.7. The zero-order valence-corrected chi connectivity index (χ0v) is 6.28. The van der Waals surface area contributed by atoms with E-state index in [0.717, 1.165) is 0 Å². The Balaban J connectivity index is 2.42. The van der Waals surface area contributed by atoms with Gasteiger partial charge in [-0.25, -0.2) is 4.79 Å². The molecule has 0 aliphatic carbocycles. The van der Waals surface area contributed by atoms with Gasteiger partial charge in [-0.3, -0.25) is 0 Å². The van der Waals surface area contributed by atoms with E-state index in [9.17, 15) is 9.90 Å². The van der Waals surface area contributed by atoms with Crippen LogP contribution >= 0.6 is 0 Å². The highest BCUT2D eigenvalue weighted by Crippen LogP contribution is 2.03. The highest BCUT2D eigenvalue weighted by atomic mass is 16.6. The minimum atomic E-state index is -0.647. The molecule has 0 aromatic carbocycles. The van der Waals surface area contributed by atoms with Crippen LogP contribution in [-0.2, 0) is 4.74 Å². The minimum Gasteiger partial charge on any atom is -0.447 e. The lowest BCUT2D eigenvalue weighted by atomic mass is 10.2. The summed E-state index contributed by atoms with van der Waals surface area (Å²) in [5.74, 6) is 0. The summed E-state index contributed by atoms with van der Waals surface area (Å²) in [7, 11) is 0. The van der Waals surface area contributed by atoms with Crippen molar-refractivity contribution in [2.75, 3.05) is 6.61 Å². The Morgan fingerprint density at radius 2 is 2.64 bits per heavy atom. The molecule has 4 heteroatoms. The van der Waals surface area contributed by atoms with Crippen LogP contribution in [0, 0.1) is 0 Å². The smallest absolute Gasteiger partial charge is 0.407 e. The molecule has 0 unspecified atom stereocenters. The molecule has 4 nitrogen and oxygen atoms in total. The van der Waals surface area contributed by atoms with Crippen molar-refractivity contribution in [2.45, 2.75) is 19.1 Å². The third kappa shape index (κ3) is 1.94. The van der Waals surface area contributed by atoms with Crippen LogP contribution in [0.5, 0.6) is 0 Å². The molecule has 0 spiro atoms. The molecule has 1 aliphatic heterocycles.